The van der Waals surface area contributed by atoms with E-state index in [1.165, 1.54) is 11.0 Å². The van der Waals surface area contributed by atoms with Gasteiger partial charge in [-0.15, -0.1) is 10.2 Å². The maximum absolute atomic E-state index is 14.3. The second kappa shape index (κ2) is 11.0. The molecule has 3 aromatic rings. The molecule has 8 nitrogen and oxygen atoms in total. The summed E-state index contributed by atoms with van der Waals surface area (Å²) in [7, 11) is -1.17. The van der Waals surface area contributed by atoms with Crippen molar-refractivity contribution in [2.75, 3.05) is 16.4 Å². The van der Waals surface area contributed by atoms with Crippen LogP contribution >= 0.6 is 0 Å². The number of hydrogen-bond donors (Lipinski definition) is 1. The molecule has 0 spiro atoms. The van der Waals surface area contributed by atoms with Gasteiger partial charge in [-0.3, -0.25) is 4.79 Å². The van der Waals surface area contributed by atoms with Crippen LogP contribution in [0.15, 0.2) is 42.7 Å². The summed E-state index contributed by atoms with van der Waals surface area (Å²) < 4.78 is 68.6. The number of alkyl halides is 3. The van der Waals surface area contributed by atoms with Crippen LogP contribution in [0.3, 0.4) is 0 Å². The van der Waals surface area contributed by atoms with Crippen molar-refractivity contribution >= 4 is 21.4 Å². The van der Waals surface area contributed by atoms with E-state index in [0.717, 1.165) is 24.8 Å². The van der Waals surface area contributed by atoms with Crippen molar-refractivity contribution in [3.05, 3.63) is 76.4 Å². The summed E-state index contributed by atoms with van der Waals surface area (Å²) in [6.07, 6.45) is 1.82. The Kier molecular flexibility index (Phi) is 7.65. The molecule has 3 aliphatic rings. The molecule has 2 aliphatic heterocycles. The van der Waals surface area contributed by atoms with Gasteiger partial charge < -0.3 is 14.8 Å². The highest BCUT2D eigenvalue weighted by Crippen LogP contribution is 2.41. The van der Waals surface area contributed by atoms with Crippen LogP contribution in [0.25, 0.3) is 0 Å². The minimum absolute atomic E-state index is 0.00484. The largest absolute Gasteiger partial charge is 0.416 e. The maximum Gasteiger partial charge on any atom is 0.416 e. The number of anilines is 1. The normalized spacial score (nSPS) is 20.6. The molecule has 0 radical (unpaired) electrons. The topological polar surface area (TPSA) is 97.2 Å². The molecule has 1 saturated heterocycles. The van der Waals surface area contributed by atoms with Crippen molar-refractivity contribution in [3.63, 3.8) is 0 Å². The Bertz CT molecular complexity index is 1630. The Hall–Kier alpha value is -3.25. The van der Waals surface area contributed by atoms with Gasteiger partial charge in [-0.05, 0) is 92.3 Å². The summed E-state index contributed by atoms with van der Waals surface area (Å²) in [6.45, 7) is 2.16. The molecular formula is C31H36F3N5O3S. The number of hydrogen-bond acceptors (Lipinski definition) is 6. The molecule has 1 atom stereocenters. The number of benzene rings is 2. The van der Waals surface area contributed by atoms with E-state index >= 15 is 0 Å². The third-order valence-electron chi connectivity index (χ3n) is 9.47. The van der Waals surface area contributed by atoms with Crippen LogP contribution in [0.5, 0.6) is 0 Å². The lowest BCUT2D eigenvalue weighted by atomic mass is 9.78. The quantitative estimate of drug-likeness (QED) is 0.366. The first-order chi connectivity index (χ1) is 20.3. The lowest BCUT2D eigenvalue weighted by Crippen LogP contribution is -2.47. The molecule has 0 bridgehead atoms. The van der Waals surface area contributed by atoms with Crippen LogP contribution in [0, 0.1) is 5.92 Å². The van der Waals surface area contributed by atoms with Crippen LogP contribution in [0.1, 0.15) is 89.8 Å². The van der Waals surface area contributed by atoms with Gasteiger partial charge in [0.15, 0.2) is 0 Å². The fourth-order valence-corrected chi connectivity index (χ4v) is 8.24. The fourth-order valence-electron chi connectivity index (χ4n) is 6.65. The summed E-state index contributed by atoms with van der Waals surface area (Å²) in [6, 6.07) is 10.1. The van der Waals surface area contributed by atoms with Gasteiger partial charge in [0.1, 0.15) is 22.0 Å². The molecule has 1 N–H and O–H groups in total. The first kappa shape index (κ1) is 29.8. The van der Waals surface area contributed by atoms with E-state index in [2.05, 4.69) is 22.4 Å². The zero-order chi connectivity index (χ0) is 30.6. The predicted molar refractivity (Wildman–Crippen MR) is 156 cm³/mol. The van der Waals surface area contributed by atoms with Crippen LogP contribution in [0.4, 0.5) is 18.9 Å². The number of sulfone groups is 1. The molecule has 1 aromatic heterocycles. The van der Waals surface area contributed by atoms with Gasteiger partial charge in [0.2, 0.25) is 0 Å². The summed E-state index contributed by atoms with van der Waals surface area (Å²) >= 11 is 0. The zero-order valence-corrected chi connectivity index (χ0v) is 25.1. The molecule has 43 heavy (non-hydrogen) atoms. The number of nitrogens with one attached hydrogen (secondary N) is 1. The number of carbonyl (C=O) groups excluding carboxylic acids is 1. The Morgan fingerprint density at radius 3 is 2.51 bits per heavy atom. The zero-order valence-electron chi connectivity index (χ0n) is 24.3. The van der Waals surface area contributed by atoms with Crippen LogP contribution in [-0.2, 0) is 36.2 Å². The number of halogens is 3. The number of aryl methyl sites for hydroxylation is 1. The van der Waals surface area contributed by atoms with E-state index in [1.54, 1.807) is 24.5 Å². The van der Waals surface area contributed by atoms with Gasteiger partial charge >= 0.3 is 6.18 Å². The number of amides is 1. The number of rotatable bonds is 8. The highest BCUT2D eigenvalue weighted by Gasteiger charge is 2.41. The average Bonchev–Trinajstić information content (AvgIpc) is 3.52. The van der Waals surface area contributed by atoms with Gasteiger partial charge in [0, 0.05) is 36.3 Å². The highest BCUT2D eigenvalue weighted by molar-refractivity contribution is 7.91. The van der Waals surface area contributed by atoms with Crippen LogP contribution in [-0.4, -0.2) is 46.1 Å². The van der Waals surface area contributed by atoms with Crippen LogP contribution in [0.2, 0.25) is 0 Å². The van der Waals surface area contributed by atoms with Gasteiger partial charge in [-0.25, -0.2) is 8.42 Å². The Labute approximate surface area is 249 Å². The van der Waals surface area contributed by atoms with E-state index in [9.17, 15) is 26.4 Å². The van der Waals surface area contributed by atoms with Crippen molar-refractivity contribution in [1.82, 2.24) is 20.1 Å². The first-order valence-corrected chi connectivity index (χ1v) is 16.6. The first-order valence-electron chi connectivity index (χ1n) is 14.8. The number of carbonyl (C=O) groups is 1. The van der Waals surface area contributed by atoms with E-state index < -0.39 is 27.5 Å². The molecule has 2 fully saturated rings. The molecule has 3 heterocycles. The average molecular weight is 616 g/mol. The minimum Gasteiger partial charge on any atom is -0.320 e. The second-order valence-corrected chi connectivity index (χ2v) is 14.9. The van der Waals surface area contributed by atoms with Gasteiger partial charge in [-0.2, -0.15) is 13.2 Å². The lowest BCUT2D eigenvalue weighted by molar-refractivity contribution is -0.138. The molecule has 6 rings (SSSR count). The SMILES string of the molecule is Cn1cnnc1[C@H](CC1CCS(=O)(=O)CC1)c1cccc(N2Cc3c(cc(CNC4(C)CCC4)cc3C(F)(F)F)C2=O)c1. The van der Waals surface area contributed by atoms with Crippen molar-refractivity contribution < 1.29 is 26.4 Å². The van der Waals surface area contributed by atoms with Gasteiger partial charge in [-0.1, -0.05) is 12.1 Å². The van der Waals surface area contributed by atoms with Gasteiger partial charge in [0.25, 0.3) is 5.91 Å². The molecule has 12 heteroatoms. The highest BCUT2D eigenvalue weighted by atomic mass is 32.2. The molecule has 230 valence electrons. The number of fused-ring (bicyclic) bond motifs is 1. The molecule has 1 aliphatic carbocycles. The standard InChI is InChI=1S/C31H36F3N5O3S/c1-30(9-4-10-30)35-17-21-14-25-26(27(15-21)31(32,33)34)18-39(29(25)40)23-6-3-5-22(16-23)24(28-37-36-19-38(28)2)13-20-7-11-43(41,42)12-8-20/h3,5-6,14-16,19-20,24,35H,4,7-13,17-18H2,1-2H3/t24-/m1/s1. The molecule has 2 aromatic carbocycles. The summed E-state index contributed by atoms with van der Waals surface area (Å²) in [5, 5.41) is 11.8. The fraction of sp³-hybridized carbons (Fsp3) is 0.516. The monoisotopic (exact) mass is 615 g/mol. The van der Waals surface area contributed by atoms with E-state index in [4.69, 9.17) is 0 Å². The van der Waals surface area contributed by atoms with Crippen LogP contribution < -0.4 is 10.2 Å². The summed E-state index contributed by atoms with van der Waals surface area (Å²) in [5.41, 5.74) is 1.03. The predicted octanol–water partition coefficient (Wildman–Crippen LogP) is 5.37. The third-order valence-corrected chi connectivity index (χ3v) is 11.2. The second-order valence-electron chi connectivity index (χ2n) is 12.6. The van der Waals surface area contributed by atoms with E-state index in [1.807, 2.05) is 23.7 Å². The van der Waals surface area contributed by atoms with Crippen molar-refractivity contribution in [1.29, 1.82) is 0 Å². The molecule has 0 unspecified atom stereocenters. The Balaban J connectivity index is 1.30. The molecule has 1 saturated carbocycles. The molecular weight excluding hydrogens is 579 g/mol. The summed E-state index contributed by atoms with van der Waals surface area (Å²) in [5.74, 6) is 0.495. The smallest absolute Gasteiger partial charge is 0.320 e. The Morgan fingerprint density at radius 1 is 1.14 bits per heavy atom. The van der Waals surface area contributed by atoms with Crippen molar-refractivity contribution in [3.8, 4) is 0 Å². The Morgan fingerprint density at radius 2 is 1.88 bits per heavy atom. The third kappa shape index (κ3) is 6.08. The van der Waals surface area contributed by atoms with Crippen molar-refractivity contribution in [2.45, 2.75) is 76.2 Å². The lowest BCUT2D eigenvalue weighted by Gasteiger charge is -2.39. The van der Waals surface area contributed by atoms with E-state index in [-0.39, 0.29) is 53.1 Å². The summed E-state index contributed by atoms with van der Waals surface area (Å²) in [4.78, 5) is 15.1. The van der Waals surface area contributed by atoms with E-state index in [0.29, 0.717) is 36.3 Å². The van der Waals surface area contributed by atoms with Crippen molar-refractivity contribution in [2.24, 2.45) is 13.0 Å². The van der Waals surface area contributed by atoms with Gasteiger partial charge in [0.05, 0.1) is 23.6 Å². The maximum atomic E-state index is 14.3. The molecule has 1 amide bonds. The minimum atomic E-state index is -4.59. The number of nitrogens with zero attached hydrogens (tertiary/aromatic N) is 4. The number of aromatic nitrogens is 3.